The fourth-order valence-electron chi connectivity index (χ4n) is 3.50. The quantitative estimate of drug-likeness (QED) is 0.386. The number of anilines is 1. The van der Waals surface area contributed by atoms with Crippen molar-refractivity contribution in [1.29, 1.82) is 0 Å². The molecule has 1 fully saturated rings. The first-order chi connectivity index (χ1) is 15.0. The van der Waals surface area contributed by atoms with E-state index in [0.29, 0.717) is 17.8 Å². The summed E-state index contributed by atoms with van der Waals surface area (Å²) in [6, 6.07) is 2.36. The van der Waals surface area contributed by atoms with E-state index in [1.165, 1.54) is 18.9 Å². The molecule has 0 spiro atoms. The topological polar surface area (TPSA) is 171 Å². The van der Waals surface area contributed by atoms with Crippen molar-refractivity contribution in [3.05, 3.63) is 36.5 Å². The van der Waals surface area contributed by atoms with Gasteiger partial charge in [-0.15, -0.1) is 0 Å². The van der Waals surface area contributed by atoms with Gasteiger partial charge in [0.25, 0.3) is 5.91 Å². The Morgan fingerprint density at radius 1 is 1.32 bits per heavy atom. The minimum absolute atomic E-state index is 0.00250. The summed E-state index contributed by atoms with van der Waals surface area (Å²) in [6.07, 6.45) is 1.09. The smallest absolute Gasteiger partial charge is 0.257 e. The molecule has 164 valence electrons. The van der Waals surface area contributed by atoms with Crippen molar-refractivity contribution in [2.45, 2.75) is 37.8 Å². The first kappa shape index (κ1) is 20.9. The Balaban J connectivity index is 1.44. The fourth-order valence-corrected chi connectivity index (χ4v) is 3.50. The molecule has 1 amide bonds. The minimum Gasteiger partial charge on any atom is -0.477 e. The van der Waals surface area contributed by atoms with Crippen molar-refractivity contribution < 1.29 is 24.5 Å². The Morgan fingerprint density at radius 2 is 2.16 bits per heavy atom. The SMILES string of the molecule is CCOc1ncccc1C(=O)N[C@@H]1CO[C@H](Cn2cnc3ncnc(N)c32)[C@@H](O)[C@H]1O. The number of hydrogen-bond acceptors (Lipinski definition) is 10. The van der Waals surface area contributed by atoms with E-state index in [-0.39, 0.29) is 30.4 Å². The van der Waals surface area contributed by atoms with Crippen LogP contribution >= 0.6 is 0 Å². The maximum absolute atomic E-state index is 12.7. The van der Waals surface area contributed by atoms with Crippen LogP contribution < -0.4 is 15.8 Å². The molecule has 5 N–H and O–H groups in total. The average molecular weight is 429 g/mol. The van der Waals surface area contributed by atoms with E-state index in [0.717, 1.165) is 0 Å². The van der Waals surface area contributed by atoms with Crippen LogP contribution in [-0.2, 0) is 11.3 Å². The molecule has 1 saturated heterocycles. The number of pyridine rings is 1. The molecule has 12 heteroatoms. The van der Waals surface area contributed by atoms with Gasteiger partial charge in [0.2, 0.25) is 5.88 Å². The van der Waals surface area contributed by atoms with Crippen LogP contribution in [0.3, 0.4) is 0 Å². The summed E-state index contributed by atoms with van der Waals surface area (Å²) >= 11 is 0. The first-order valence-electron chi connectivity index (χ1n) is 9.77. The van der Waals surface area contributed by atoms with Gasteiger partial charge in [0.1, 0.15) is 35.7 Å². The molecule has 0 aliphatic carbocycles. The Morgan fingerprint density at radius 3 is 2.97 bits per heavy atom. The summed E-state index contributed by atoms with van der Waals surface area (Å²) in [6.45, 7) is 2.31. The van der Waals surface area contributed by atoms with Crippen molar-refractivity contribution in [1.82, 2.24) is 29.8 Å². The number of aromatic nitrogens is 5. The molecule has 0 radical (unpaired) electrons. The second-order valence-electron chi connectivity index (χ2n) is 7.05. The molecule has 0 saturated carbocycles. The van der Waals surface area contributed by atoms with Crippen LogP contribution in [0.4, 0.5) is 5.82 Å². The molecule has 1 aliphatic rings. The lowest BCUT2D eigenvalue weighted by Gasteiger charge is -2.38. The van der Waals surface area contributed by atoms with Gasteiger partial charge in [-0.25, -0.2) is 19.9 Å². The molecule has 4 heterocycles. The molecule has 4 rings (SSSR count). The lowest BCUT2D eigenvalue weighted by atomic mass is 9.97. The van der Waals surface area contributed by atoms with E-state index in [1.807, 2.05) is 0 Å². The molecule has 31 heavy (non-hydrogen) atoms. The van der Waals surface area contributed by atoms with Gasteiger partial charge in [0, 0.05) is 6.20 Å². The second-order valence-corrected chi connectivity index (χ2v) is 7.05. The van der Waals surface area contributed by atoms with Gasteiger partial charge in [-0.2, -0.15) is 0 Å². The molecule has 1 aliphatic heterocycles. The van der Waals surface area contributed by atoms with Gasteiger partial charge in [-0.1, -0.05) is 0 Å². The van der Waals surface area contributed by atoms with Crippen LogP contribution in [0.25, 0.3) is 11.2 Å². The third-order valence-electron chi connectivity index (χ3n) is 5.06. The highest BCUT2D eigenvalue weighted by molar-refractivity contribution is 5.96. The van der Waals surface area contributed by atoms with Crippen LogP contribution in [0, 0.1) is 0 Å². The van der Waals surface area contributed by atoms with Crippen molar-refractivity contribution in [2.24, 2.45) is 0 Å². The number of fused-ring (bicyclic) bond motifs is 1. The van der Waals surface area contributed by atoms with Crippen LogP contribution in [0.2, 0.25) is 0 Å². The van der Waals surface area contributed by atoms with E-state index >= 15 is 0 Å². The minimum atomic E-state index is -1.26. The standard InChI is InChI=1S/C19H23N7O5/c1-2-30-19-10(4-3-5-21-19)18(29)25-11-7-31-12(15(28)14(11)27)6-26-9-24-17-13(26)16(20)22-8-23-17/h3-5,8-9,11-12,14-15,27-28H,2,6-7H2,1H3,(H,25,29)(H2,20,22,23)/t11-,12-,14+,15-/m1/s1. The van der Waals surface area contributed by atoms with Crippen LogP contribution in [0.15, 0.2) is 31.0 Å². The van der Waals surface area contributed by atoms with E-state index in [2.05, 4.69) is 25.3 Å². The van der Waals surface area contributed by atoms with E-state index in [4.69, 9.17) is 15.2 Å². The predicted molar refractivity (Wildman–Crippen MR) is 108 cm³/mol. The number of nitrogen functional groups attached to an aromatic ring is 1. The molecule has 0 unspecified atom stereocenters. The number of hydrogen-bond donors (Lipinski definition) is 4. The molecular formula is C19H23N7O5. The van der Waals surface area contributed by atoms with Crippen molar-refractivity contribution in [3.63, 3.8) is 0 Å². The Kier molecular flexibility index (Phi) is 5.93. The van der Waals surface area contributed by atoms with Gasteiger partial charge in [-0.05, 0) is 19.1 Å². The third kappa shape index (κ3) is 4.13. The fraction of sp³-hybridized carbons (Fsp3) is 0.421. The molecular weight excluding hydrogens is 406 g/mol. The van der Waals surface area contributed by atoms with Crippen molar-refractivity contribution in [3.8, 4) is 5.88 Å². The summed E-state index contributed by atoms with van der Waals surface area (Å²) in [5.41, 5.74) is 7.08. The number of carbonyl (C=O) groups excluding carboxylic acids is 1. The number of carbonyl (C=O) groups is 1. The number of amides is 1. The normalized spacial score (nSPS) is 23.6. The summed E-state index contributed by atoms with van der Waals surface area (Å²) in [5, 5.41) is 23.9. The van der Waals surface area contributed by atoms with Gasteiger partial charge in [0.05, 0.1) is 32.1 Å². The summed E-state index contributed by atoms with van der Waals surface area (Å²) in [7, 11) is 0. The number of ether oxygens (including phenoxy) is 2. The Labute approximate surface area is 177 Å². The summed E-state index contributed by atoms with van der Waals surface area (Å²) in [4.78, 5) is 28.9. The Hall–Kier alpha value is -3.35. The maximum Gasteiger partial charge on any atom is 0.257 e. The highest BCUT2D eigenvalue weighted by Crippen LogP contribution is 2.22. The monoisotopic (exact) mass is 429 g/mol. The number of aliphatic hydroxyl groups excluding tert-OH is 2. The number of aliphatic hydroxyl groups is 2. The number of nitrogens with two attached hydrogens (primary N) is 1. The lowest BCUT2D eigenvalue weighted by molar-refractivity contribution is -0.152. The van der Waals surface area contributed by atoms with Gasteiger partial charge in [0.15, 0.2) is 11.5 Å². The molecule has 3 aromatic heterocycles. The van der Waals surface area contributed by atoms with E-state index in [1.54, 1.807) is 23.6 Å². The molecule has 12 nitrogen and oxygen atoms in total. The first-order valence-corrected chi connectivity index (χ1v) is 9.77. The molecule has 0 bridgehead atoms. The highest BCUT2D eigenvalue weighted by atomic mass is 16.5. The lowest BCUT2D eigenvalue weighted by Crippen LogP contribution is -2.60. The predicted octanol–water partition coefficient (Wildman–Crippen LogP) is -0.879. The van der Waals surface area contributed by atoms with Crippen LogP contribution in [0.1, 0.15) is 17.3 Å². The number of nitrogens with zero attached hydrogens (tertiary/aromatic N) is 5. The summed E-state index contributed by atoms with van der Waals surface area (Å²) < 4.78 is 12.8. The van der Waals surface area contributed by atoms with Gasteiger partial charge >= 0.3 is 0 Å². The average Bonchev–Trinajstić information content (AvgIpc) is 3.18. The zero-order valence-corrected chi connectivity index (χ0v) is 16.8. The van der Waals surface area contributed by atoms with Crippen LogP contribution in [0.5, 0.6) is 5.88 Å². The number of imidazole rings is 1. The molecule has 0 aromatic carbocycles. The van der Waals surface area contributed by atoms with Crippen molar-refractivity contribution in [2.75, 3.05) is 18.9 Å². The van der Waals surface area contributed by atoms with Crippen molar-refractivity contribution >= 4 is 22.9 Å². The number of nitrogens with one attached hydrogen (secondary N) is 1. The maximum atomic E-state index is 12.7. The van der Waals surface area contributed by atoms with Gasteiger partial charge < -0.3 is 35.3 Å². The summed E-state index contributed by atoms with van der Waals surface area (Å²) in [5.74, 6) is -0.0422. The van der Waals surface area contributed by atoms with E-state index in [9.17, 15) is 15.0 Å². The van der Waals surface area contributed by atoms with Gasteiger partial charge in [-0.3, -0.25) is 4.79 Å². The van der Waals surface area contributed by atoms with Crippen LogP contribution in [-0.4, -0.2) is 78.2 Å². The van der Waals surface area contributed by atoms with E-state index < -0.39 is 30.3 Å². The molecule has 3 aromatic rings. The number of rotatable bonds is 6. The third-order valence-corrected chi connectivity index (χ3v) is 5.06. The zero-order valence-electron chi connectivity index (χ0n) is 16.8. The second kappa shape index (κ2) is 8.79. The Bertz CT molecular complexity index is 1070. The highest BCUT2D eigenvalue weighted by Gasteiger charge is 2.39. The largest absolute Gasteiger partial charge is 0.477 e. The zero-order chi connectivity index (χ0) is 22.0. The molecule has 4 atom stereocenters.